The monoisotopic (exact) mass is 188 g/mol. The number of rotatable bonds is 1. The molecule has 72 valence electrons. The predicted octanol–water partition coefficient (Wildman–Crippen LogP) is 2.66. The van der Waals surface area contributed by atoms with Crippen LogP contribution < -0.4 is 0 Å². The molecule has 14 heavy (non-hydrogen) atoms. The Morgan fingerprint density at radius 1 is 1.14 bits per heavy atom. The van der Waals surface area contributed by atoms with Gasteiger partial charge in [-0.25, -0.2) is 0 Å². The van der Waals surface area contributed by atoms with Gasteiger partial charge in [-0.3, -0.25) is 4.98 Å². The third-order valence-electron chi connectivity index (χ3n) is 2.31. The first-order chi connectivity index (χ1) is 6.70. The van der Waals surface area contributed by atoms with Crippen molar-refractivity contribution in [1.29, 1.82) is 0 Å². The van der Waals surface area contributed by atoms with Gasteiger partial charge in [0.25, 0.3) is 0 Å². The highest BCUT2D eigenvalue weighted by Gasteiger charge is 2.13. The standard InChI is InChI=1S/C11H12N2O/c1-7-10(5-4-6-12-7)11-8(2)13-14-9(11)3/h4-6H,1-3H3. The number of hydrogen-bond acceptors (Lipinski definition) is 3. The van der Waals surface area contributed by atoms with E-state index in [-0.39, 0.29) is 0 Å². The Labute approximate surface area is 82.8 Å². The topological polar surface area (TPSA) is 38.9 Å². The molecule has 0 saturated heterocycles. The van der Waals surface area contributed by atoms with Gasteiger partial charge >= 0.3 is 0 Å². The van der Waals surface area contributed by atoms with E-state index in [1.165, 1.54) is 0 Å². The molecule has 0 aromatic carbocycles. The summed E-state index contributed by atoms with van der Waals surface area (Å²) in [6.07, 6.45) is 1.79. The van der Waals surface area contributed by atoms with Crippen LogP contribution in [0, 0.1) is 20.8 Å². The molecule has 0 radical (unpaired) electrons. The molecule has 2 aromatic heterocycles. The second kappa shape index (κ2) is 3.25. The Kier molecular flexibility index (Phi) is 2.08. The van der Waals surface area contributed by atoms with Crippen LogP contribution in [-0.2, 0) is 0 Å². The average molecular weight is 188 g/mol. The third-order valence-corrected chi connectivity index (χ3v) is 2.31. The first-order valence-corrected chi connectivity index (χ1v) is 4.55. The Morgan fingerprint density at radius 2 is 1.93 bits per heavy atom. The molecule has 0 aliphatic carbocycles. The summed E-state index contributed by atoms with van der Waals surface area (Å²) in [4.78, 5) is 4.25. The number of aromatic nitrogens is 2. The van der Waals surface area contributed by atoms with Crippen LogP contribution in [0.5, 0.6) is 0 Å². The maximum Gasteiger partial charge on any atom is 0.141 e. The molecule has 0 fully saturated rings. The lowest BCUT2D eigenvalue weighted by Crippen LogP contribution is -1.88. The zero-order valence-electron chi connectivity index (χ0n) is 8.53. The number of aryl methyl sites for hydroxylation is 3. The van der Waals surface area contributed by atoms with Crippen molar-refractivity contribution < 1.29 is 4.52 Å². The Balaban J connectivity index is 2.66. The maximum atomic E-state index is 5.13. The maximum absolute atomic E-state index is 5.13. The van der Waals surface area contributed by atoms with Crippen molar-refractivity contribution in [3.8, 4) is 11.1 Å². The van der Waals surface area contributed by atoms with Gasteiger partial charge in [0.2, 0.25) is 0 Å². The van der Waals surface area contributed by atoms with Crippen LogP contribution in [0.3, 0.4) is 0 Å². The summed E-state index contributed by atoms with van der Waals surface area (Å²) < 4.78 is 5.13. The number of hydrogen-bond donors (Lipinski definition) is 0. The van der Waals surface area contributed by atoms with Crippen molar-refractivity contribution in [2.75, 3.05) is 0 Å². The SMILES string of the molecule is Cc1ncccc1-c1c(C)noc1C. The zero-order valence-corrected chi connectivity index (χ0v) is 8.53. The van der Waals surface area contributed by atoms with Crippen LogP contribution in [0.15, 0.2) is 22.9 Å². The predicted molar refractivity (Wildman–Crippen MR) is 53.9 cm³/mol. The molecule has 0 aliphatic heterocycles. The normalized spacial score (nSPS) is 10.5. The molecule has 3 heteroatoms. The Bertz CT molecular complexity index is 441. The van der Waals surface area contributed by atoms with E-state index in [1.54, 1.807) is 6.20 Å². The van der Waals surface area contributed by atoms with Gasteiger partial charge in [-0.05, 0) is 26.8 Å². The van der Waals surface area contributed by atoms with Crippen LogP contribution in [0.2, 0.25) is 0 Å². The smallest absolute Gasteiger partial charge is 0.141 e. The minimum Gasteiger partial charge on any atom is -0.361 e. The fourth-order valence-corrected chi connectivity index (χ4v) is 1.62. The van der Waals surface area contributed by atoms with Crippen LogP contribution >= 0.6 is 0 Å². The molecule has 2 heterocycles. The molecule has 0 bridgehead atoms. The van der Waals surface area contributed by atoms with Gasteiger partial charge in [0.05, 0.1) is 5.69 Å². The quantitative estimate of drug-likeness (QED) is 0.690. The van der Waals surface area contributed by atoms with Crippen molar-refractivity contribution >= 4 is 0 Å². The van der Waals surface area contributed by atoms with E-state index < -0.39 is 0 Å². The molecule has 0 unspecified atom stereocenters. The summed E-state index contributed by atoms with van der Waals surface area (Å²) in [5.41, 5.74) is 4.08. The lowest BCUT2D eigenvalue weighted by molar-refractivity contribution is 0.393. The Morgan fingerprint density at radius 3 is 2.50 bits per heavy atom. The number of pyridine rings is 1. The van der Waals surface area contributed by atoms with Gasteiger partial charge in [0, 0.05) is 23.0 Å². The average Bonchev–Trinajstić information content (AvgIpc) is 2.48. The summed E-state index contributed by atoms with van der Waals surface area (Å²) in [5, 5.41) is 3.93. The van der Waals surface area contributed by atoms with E-state index >= 15 is 0 Å². The highest BCUT2D eigenvalue weighted by atomic mass is 16.5. The van der Waals surface area contributed by atoms with Gasteiger partial charge in [0.15, 0.2) is 0 Å². The van der Waals surface area contributed by atoms with Gasteiger partial charge in [0.1, 0.15) is 5.76 Å². The van der Waals surface area contributed by atoms with Gasteiger partial charge in [-0.2, -0.15) is 0 Å². The summed E-state index contributed by atoms with van der Waals surface area (Å²) >= 11 is 0. The van der Waals surface area contributed by atoms with Crippen molar-refractivity contribution in [2.45, 2.75) is 20.8 Å². The third kappa shape index (κ3) is 1.31. The van der Waals surface area contributed by atoms with Gasteiger partial charge < -0.3 is 4.52 Å². The van der Waals surface area contributed by atoms with Crippen LogP contribution in [0.1, 0.15) is 17.1 Å². The fourth-order valence-electron chi connectivity index (χ4n) is 1.62. The van der Waals surface area contributed by atoms with Crippen LogP contribution in [-0.4, -0.2) is 10.1 Å². The van der Waals surface area contributed by atoms with Crippen LogP contribution in [0.4, 0.5) is 0 Å². The Hall–Kier alpha value is -1.64. The van der Waals surface area contributed by atoms with E-state index in [1.807, 2.05) is 32.9 Å². The molecule has 3 nitrogen and oxygen atoms in total. The minimum absolute atomic E-state index is 0.846. The highest BCUT2D eigenvalue weighted by molar-refractivity contribution is 5.69. The molecular weight excluding hydrogens is 176 g/mol. The molecule has 0 saturated carbocycles. The molecule has 2 rings (SSSR count). The summed E-state index contributed by atoms with van der Waals surface area (Å²) in [5.74, 6) is 0.846. The molecule has 0 N–H and O–H groups in total. The highest BCUT2D eigenvalue weighted by Crippen LogP contribution is 2.27. The lowest BCUT2D eigenvalue weighted by Gasteiger charge is -2.02. The lowest BCUT2D eigenvalue weighted by atomic mass is 10.0. The molecule has 2 aromatic rings. The zero-order chi connectivity index (χ0) is 10.1. The van der Waals surface area contributed by atoms with Gasteiger partial charge in [-0.1, -0.05) is 11.2 Å². The molecular formula is C11H12N2O. The van der Waals surface area contributed by atoms with Crippen LogP contribution in [0.25, 0.3) is 11.1 Å². The molecule has 0 atom stereocenters. The molecule has 0 amide bonds. The second-order valence-electron chi connectivity index (χ2n) is 3.34. The molecule has 0 aliphatic rings. The van der Waals surface area contributed by atoms with E-state index in [0.29, 0.717) is 0 Å². The minimum atomic E-state index is 0.846. The van der Waals surface area contributed by atoms with Crippen molar-refractivity contribution in [1.82, 2.24) is 10.1 Å². The van der Waals surface area contributed by atoms with Gasteiger partial charge in [-0.15, -0.1) is 0 Å². The largest absolute Gasteiger partial charge is 0.361 e. The second-order valence-corrected chi connectivity index (χ2v) is 3.34. The fraction of sp³-hybridized carbons (Fsp3) is 0.273. The first-order valence-electron chi connectivity index (χ1n) is 4.55. The van der Waals surface area contributed by atoms with E-state index in [2.05, 4.69) is 10.1 Å². The van der Waals surface area contributed by atoms with Crippen molar-refractivity contribution in [3.05, 3.63) is 35.5 Å². The first kappa shape index (κ1) is 8.94. The van der Waals surface area contributed by atoms with E-state index in [9.17, 15) is 0 Å². The van der Waals surface area contributed by atoms with Crippen molar-refractivity contribution in [3.63, 3.8) is 0 Å². The summed E-state index contributed by atoms with van der Waals surface area (Å²) in [6.45, 7) is 5.85. The summed E-state index contributed by atoms with van der Waals surface area (Å²) in [6, 6.07) is 3.96. The summed E-state index contributed by atoms with van der Waals surface area (Å²) in [7, 11) is 0. The van der Waals surface area contributed by atoms with E-state index in [0.717, 1.165) is 28.3 Å². The molecule has 0 spiro atoms. The number of nitrogens with zero attached hydrogens (tertiary/aromatic N) is 2. The van der Waals surface area contributed by atoms with Crippen molar-refractivity contribution in [2.24, 2.45) is 0 Å². The van der Waals surface area contributed by atoms with E-state index in [4.69, 9.17) is 4.52 Å².